The average molecular weight is 263 g/mol. The minimum absolute atomic E-state index is 0.519. The molecule has 0 amide bonds. The van der Waals surface area contributed by atoms with Gasteiger partial charge in [-0.05, 0) is 56.8 Å². The number of ether oxygens (including phenoxy) is 2. The molecule has 19 heavy (non-hydrogen) atoms. The molecule has 1 aliphatic rings. The summed E-state index contributed by atoms with van der Waals surface area (Å²) < 4.78 is 11.3. The highest BCUT2D eigenvalue weighted by Gasteiger charge is 2.14. The van der Waals surface area contributed by atoms with Gasteiger partial charge in [0.05, 0.1) is 6.10 Å². The van der Waals surface area contributed by atoms with Crippen molar-refractivity contribution in [2.45, 2.75) is 38.7 Å². The van der Waals surface area contributed by atoms with Crippen molar-refractivity contribution in [1.29, 1.82) is 0 Å². The molecule has 3 nitrogen and oxygen atoms in total. The first-order chi connectivity index (χ1) is 9.34. The normalized spacial score (nSPS) is 18.7. The third-order valence-electron chi connectivity index (χ3n) is 3.44. The summed E-state index contributed by atoms with van der Waals surface area (Å²) in [5, 5.41) is 3.41. The Kier molecular flexibility index (Phi) is 6.18. The van der Waals surface area contributed by atoms with E-state index >= 15 is 0 Å². The Bertz CT molecular complexity index is 362. The summed E-state index contributed by atoms with van der Waals surface area (Å²) >= 11 is 0. The zero-order chi connectivity index (χ0) is 13.3. The summed E-state index contributed by atoms with van der Waals surface area (Å²) in [5.41, 5.74) is 1.24. The SMILES string of the molecule is Cc1cccc(OCCNCCCC2CCCO2)c1. The number of aryl methyl sites for hydroxylation is 1. The van der Waals surface area contributed by atoms with Crippen molar-refractivity contribution in [1.82, 2.24) is 5.32 Å². The fourth-order valence-electron chi connectivity index (χ4n) is 2.40. The fourth-order valence-corrected chi connectivity index (χ4v) is 2.40. The Balaban J connectivity index is 1.46. The van der Waals surface area contributed by atoms with Gasteiger partial charge in [0.2, 0.25) is 0 Å². The van der Waals surface area contributed by atoms with Crippen LogP contribution in [0.2, 0.25) is 0 Å². The maximum Gasteiger partial charge on any atom is 0.119 e. The van der Waals surface area contributed by atoms with Crippen molar-refractivity contribution in [3.8, 4) is 5.75 Å². The van der Waals surface area contributed by atoms with Crippen LogP contribution >= 0.6 is 0 Å². The highest BCUT2D eigenvalue weighted by Crippen LogP contribution is 2.16. The topological polar surface area (TPSA) is 30.5 Å². The number of hydrogen-bond acceptors (Lipinski definition) is 3. The molecule has 0 spiro atoms. The zero-order valence-corrected chi connectivity index (χ0v) is 11.9. The molecule has 2 rings (SSSR count). The first-order valence-electron chi connectivity index (χ1n) is 7.36. The van der Waals surface area contributed by atoms with E-state index in [0.717, 1.165) is 32.1 Å². The predicted molar refractivity (Wildman–Crippen MR) is 77.8 cm³/mol. The van der Waals surface area contributed by atoms with Crippen LogP contribution in [0.3, 0.4) is 0 Å². The molecule has 0 bridgehead atoms. The fraction of sp³-hybridized carbons (Fsp3) is 0.625. The van der Waals surface area contributed by atoms with Gasteiger partial charge in [0.15, 0.2) is 0 Å². The van der Waals surface area contributed by atoms with Crippen LogP contribution in [0.4, 0.5) is 0 Å². The van der Waals surface area contributed by atoms with E-state index in [9.17, 15) is 0 Å². The summed E-state index contributed by atoms with van der Waals surface area (Å²) in [6.45, 7) is 5.72. The van der Waals surface area contributed by atoms with E-state index < -0.39 is 0 Å². The van der Waals surface area contributed by atoms with Gasteiger partial charge >= 0.3 is 0 Å². The molecule has 1 saturated heterocycles. The number of hydrogen-bond donors (Lipinski definition) is 1. The van der Waals surface area contributed by atoms with E-state index in [1.807, 2.05) is 12.1 Å². The molecule has 1 N–H and O–H groups in total. The van der Waals surface area contributed by atoms with Crippen LogP contribution in [0.15, 0.2) is 24.3 Å². The molecular formula is C16H25NO2. The highest BCUT2D eigenvalue weighted by molar-refractivity contribution is 5.27. The van der Waals surface area contributed by atoms with Gasteiger partial charge in [0, 0.05) is 13.2 Å². The molecule has 1 fully saturated rings. The van der Waals surface area contributed by atoms with Gasteiger partial charge in [-0.15, -0.1) is 0 Å². The van der Waals surface area contributed by atoms with Gasteiger partial charge in [0.25, 0.3) is 0 Å². The second-order valence-corrected chi connectivity index (χ2v) is 5.19. The van der Waals surface area contributed by atoms with Crippen LogP contribution in [-0.4, -0.2) is 32.4 Å². The van der Waals surface area contributed by atoms with Gasteiger partial charge in [-0.3, -0.25) is 0 Å². The van der Waals surface area contributed by atoms with E-state index in [1.54, 1.807) is 0 Å². The van der Waals surface area contributed by atoms with Crippen molar-refractivity contribution in [3.05, 3.63) is 29.8 Å². The van der Waals surface area contributed by atoms with Crippen molar-refractivity contribution < 1.29 is 9.47 Å². The third kappa shape index (κ3) is 5.62. The van der Waals surface area contributed by atoms with Crippen LogP contribution in [0.25, 0.3) is 0 Å². The van der Waals surface area contributed by atoms with Crippen molar-refractivity contribution in [2.24, 2.45) is 0 Å². The second kappa shape index (κ2) is 8.18. The molecule has 1 aliphatic heterocycles. The van der Waals surface area contributed by atoms with Crippen LogP contribution in [0.5, 0.6) is 5.75 Å². The summed E-state index contributed by atoms with van der Waals surface area (Å²) in [6.07, 6.45) is 5.38. The number of rotatable bonds is 8. The molecule has 1 atom stereocenters. The molecule has 106 valence electrons. The van der Waals surface area contributed by atoms with Crippen molar-refractivity contribution in [3.63, 3.8) is 0 Å². The molecule has 1 aromatic carbocycles. The van der Waals surface area contributed by atoms with Crippen LogP contribution in [0, 0.1) is 6.92 Å². The lowest BCUT2D eigenvalue weighted by Gasteiger charge is -2.10. The lowest BCUT2D eigenvalue weighted by atomic mass is 10.1. The molecular weight excluding hydrogens is 238 g/mol. The zero-order valence-electron chi connectivity index (χ0n) is 11.9. The Morgan fingerprint density at radius 3 is 3.11 bits per heavy atom. The molecule has 0 aliphatic carbocycles. The Hall–Kier alpha value is -1.06. The van der Waals surface area contributed by atoms with Crippen molar-refractivity contribution >= 4 is 0 Å². The molecule has 0 aromatic heterocycles. The van der Waals surface area contributed by atoms with E-state index in [-0.39, 0.29) is 0 Å². The first-order valence-corrected chi connectivity index (χ1v) is 7.36. The summed E-state index contributed by atoms with van der Waals surface area (Å²) in [5.74, 6) is 0.959. The minimum atomic E-state index is 0.519. The van der Waals surface area contributed by atoms with Gasteiger partial charge in [-0.2, -0.15) is 0 Å². The average Bonchev–Trinajstić information content (AvgIpc) is 2.91. The van der Waals surface area contributed by atoms with Gasteiger partial charge < -0.3 is 14.8 Å². The third-order valence-corrected chi connectivity index (χ3v) is 3.44. The summed E-state index contributed by atoms with van der Waals surface area (Å²) in [7, 11) is 0. The largest absolute Gasteiger partial charge is 0.492 e. The smallest absolute Gasteiger partial charge is 0.119 e. The molecule has 1 heterocycles. The van der Waals surface area contributed by atoms with Crippen molar-refractivity contribution in [2.75, 3.05) is 26.3 Å². The Morgan fingerprint density at radius 2 is 2.32 bits per heavy atom. The second-order valence-electron chi connectivity index (χ2n) is 5.19. The van der Waals surface area contributed by atoms with Crippen LogP contribution < -0.4 is 10.1 Å². The lowest BCUT2D eigenvalue weighted by Crippen LogP contribution is -2.23. The quantitative estimate of drug-likeness (QED) is 0.732. The highest BCUT2D eigenvalue weighted by atomic mass is 16.5. The lowest BCUT2D eigenvalue weighted by molar-refractivity contribution is 0.102. The maximum atomic E-state index is 5.68. The van der Waals surface area contributed by atoms with Crippen LogP contribution in [-0.2, 0) is 4.74 Å². The molecule has 0 saturated carbocycles. The van der Waals surface area contributed by atoms with Gasteiger partial charge in [-0.1, -0.05) is 12.1 Å². The van der Waals surface area contributed by atoms with E-state index in [2.05, 4.69) is 24.4 Å². The number of nitrogens with one attached hydrogen (secondary N) is 1. The molecule has 0 radical (unpaired) electrons. The van der Waals surface area contributed by atoms with E-state index in [4.69, 9.17) is 9.47 Å². The minimum Gasteiger partial charge on any atom is -0.492 e. The van der Waals surface area contributed by atoms with Crippen LogP contribution in [0.1, 0.15) is 31.2 Å². The van der Waals surface area contributed by atoms with E-state index in [1.165, 1.54) is 31.2 Å². The standard InChI is InChI=1S/C16H25NO2/c1-14-5-2-6-16(13-14)19-12-10-17-9-3-7-15-8-4-11-18-15/h2,5-6,13,15,17H,3-4,7-12H2,1H3. The Labute approximate surface area is 116 Å². The van der Waals surface area contributed by atoms with Gasteiger partial charge in [0.1, 0.15) is 12.4 Å². The Morgan fingerprint density at radius 1 is 1.37 bits per heavy atom. The predicted octanol–water partition coefficient (Wildman–Crippen LogP) is 2.92. The molecule has 1 aromatic rings. The molecule has 1 unspecified atom stereocenters. The first kappa shape index (κ1) is 14.4. The summed E-state index contributed by atoms with van der Waals surface area (Å²) in [4.78, 5) is 0. The van der Waals surface area contributed by atoms with E-state index in [0.29, 0.717) is 6.10 Å². The maximum absolute atomic E-state index is 5.68. The monoisotopic (exact) mass is 263 g/mol. The van der Waals surface area contributed by atoms with Gasteiger partial charge in [-0.25, -0.2) is 0 Å². The molecule has 3 heteroatoms. The summed E-state index contributed by atoms with van der Waals surface area (Å²) in [6, 6.07) is 8.18. The number of benzene rings is 1.